The fraction of sp³-hybridized carbons (Fsp3) is 0.278. The second kappa shape index (κ2) is 10.2. The monoisotopic (exact) mass is 428 g/mol. The smallest absolute Gasteiger partial charge is 0.312 e. The number of aromatic nitrogens is 1. The molecule has 1 aromatic heterocycles. The molecule has 2 aromatic rings. The standard InChI is InChI=1S/C18H19Cl2FN4O3/c19-16(20)17(27)25-14(7-21)15(26)11-3-1-10(2-4-11)12-5-6-13(23-8-12)9-24-18(22)28/h1-6,8,14-16,26H,7,9H2,(H,25,27)(H3,22,24,28)/t14-,15+/m1/s1. The first-order valence-electron chi connectivity index (χ1n) is 8.23. The van der Waals surface area contributed by atoms with Crippen LogP contribution in [0.5, 0.6) is 0 Å². The van der Waals surface area contributed by atoms with Crippen molar-refractivity contribution >= 4 is 35.1 Å². The van der Waals surface area contributed by atoms with Crippen LogP contribution in [0.4, 0.5) is 9.18 Å². The van der Waals surface area contributed by atoms with Gasteiger partial charge in [0.15, 0.2) is 4.84 Å². The molecule has 0 aliphatic heterocycles. The maximum atomic E-state index is 13.2. The Hall–Kier alpha value is -2.42. The summed E-state index contributed by atoms with van der Waals surface area (Å²) >= 11 is 10.9. The predicted octanol–water partition coefficient (Wildman–Crippen LogP) is 2.21. The van der Waals surface area contributed by atoms with Crippen LogP contribution in [0.2, 0.25) is 0 Å². The quantitative estimate of drug-likeness (QED) is 0.482. The van der Waals surface area contributed by atoms with E-state index >= 15 is 0 Å². The molecule has 2 rings (SSSR count). The van der Waals surface area contributed by atoms with E-state index in [0.717, 1.165) is 11.1 Å². The molecule has 5 N–H and O–H groups in total. The highest BCUT2D eigenvalue weighted by molar-refractivity contribution is 6.53. The van der Waals surface area contributed by atoms with Crippen molar-refractivity contribution in [2.24, 2.45) is 5.73 Å². The van der Waals surface area contributed by atoms with E-state index in [9.17, 15) is 19.1 Å². The number of aliphatic hydroxyl groups excluding tert-OH is 1. The number of nitrogens with zero attached hydrogens (tertiary/aromatic N) is 1. The van der Waals surface area contributed by atoms with Crippen molar-refractivity contribution in [3.05, 3.63) is 53.9 Å². The number of benzene rings is 1. The van der Waals surface area contributed by atoms with Crippen molar-refractivity contribution in [1.29, 1.82) is 0 Å². The van der Waals surface area contributed by atoms with Crippen molar-refractivity contribution in [3.63, 3.8) is 0 Å². The number of carbonyl (C=O) groups is 2. The molecular formula is C18H19Cl2FN4O3. The van der Waals surface area contributed by atoms with Crippen molar-refractivity contribution in [1.82, 2.24) is 15.6 Å². The SMILES string of the molecule is NC(=O)NCc1ccc(-c2ccc([C@H](O)[C@@H](CF)NC(=O)C(Cl)Cl)cc2)cn1. The fourth-order valence-corrected chi connectivity index (χ4v) is 2.56. The molecule has 0 spiro atoms. The lowest BCUT2D eigenvalue weighted by Crippen LogP contribution is -2.43. The molecule has 0 fully saturated rings. The van der Waals surface area contributed by atoms with Crippen molar-refractivity contribution in [2.45, 2.75) is 23.5 Å². The third-order valence-corrected chi connectivity index (χ3v) is 4.32. The number of rotatable bonds is 8. The number of carbonyl (C=O) groups excluding carboxylic acids is 2. The summed E-state index contributed by atoms with van der Waals surface area (Å²) in [5.74, 6) is -0.779. The summed E-state index contributed by atoms with van der Waals surface area (Å²) < 4.78 is 13.2. The van der Waals surface area contributed by atoms with Crippen molar-refractivity contribution in [3.8, 4) is 11.1 Å². The van der Waals surface area contributed by atoms with Crippen LogP contribution in [0, 0.1) is 0 Å². The van der Waals surface area contributed by atoms with E-state index in [4.69, 9.17) is 28.9 Å². The zero-order valence-corrected chi connectivity index (χ0v) is 16.1. The molecule has 0 aliphatic rings. The molecule has 0 saturated heterocycles. The van der Waals surface area contributed by atoms with E-state index in [0.29, 0.717) is 11.3 Å². The zero-order chi connectivity index (χ0) is 20.7. The maximum Gasteiger partial charge on any atom is 0.312 e. The van der Waals surface area contributed by atoms with E-state index in [1.165, 1.54) is 0 Å². The highest BCUT2D eigenvalue weighted by Gasteiger charge is 2.25. The van der Waals surface area contributed by atoms with Crippen LogP contribution in [0.15, 0.2) is 42.6 Å². The molecule has 0 radical (unpaired) electrons. The molecular weight excluding hydrogens is 410 g/mol. The number of aliphatic hydroxyl groups is 1. The number of halogens is 3. The number of nitrogens with one attached hydrogen (secondary N) is 2. The minimum Gasteiger partial charge on any atom is -0.386 e. The Labute approximate surface area is 171 Å². The molecule has 0 aliphatic carbocycles. The second-order valence-corrected chi connectivity index (χ2v) is 6.99. The van der Waals surface area contributed by atoms with Crippen LogP contribution >= 0.6 is 23.2 Å². The lowest BCUT2D eigenvalue weighted by Gasteiger charge is -2.22. The minimum absolute atomic E-state index is 0.225. The highest BCUT2D eigenvalue weighted by Crippen LogP contribution is 2.24. The lowest BCUT2D eigenvalue weighted by atomic mass is 9.99. The number of alkyl halides is 3. The first-order chi connectivity index (χ1) is 13.3. The van der Waals surface area contributed by atoms with E-state index in [-0.39, 0.29) is 6.54 Å². The summed E-state index contributed by atoms with van der Waals surface area (Å²) in [7, 11) is 0. The third kappa shape index (κ3) is 6.05. The van der Waals surface area contributed by atoms with E-state index in [1.54, 1.807) is 36.5 Å². The van der Waals surface area contributed by atoms with Gasteiger partial charge in [-0.2, -0.15) is 0 Å². The molecule has 0 saturated carbocycles. The molecule has 0 unspecified atom stereocenters. The van der Waals surface area contributed by atoms with Gasteiger partial charge in [0.1, 0.15) is 12.8 Å². The number of hydrogen-bond donors (Lipinski definition) is 4. The van der Waals surface area contributed by atoms with Gasteiger partial charge in [-0.05, 0) is 17.2 Å². The van der Waals surface area contributed by atoms with E-state index < -0.39 is 35.6 Å². The summed E-state index contributed by atoms with van der Waals surface area (Å²) in [6, 6.07) is 8.48. The van der Waals surface area contributed by atoms with Gasteiger partial charge in [-0.1, -0.05) is 53.5 Å². The largest absolute Gasteiger partial charge is 0.386 e. The average Bonchev–Trinajstić information content (AvgIpc) is 2.70. The third-order valence-electron chi connectivity index (χ3n) is 3.93. The maximum absolute atomic E-state index is 13.2. The number of pyridine rings is 1. The van der Waals surface area contributed by atoms with Crippen LogP contribution in [-0.4, -0.2) is 39.6 Å². The van der Waals surface area contributed by atoms with Gasteiger partial charge < -0.3 is 21.5 Å². The number of primary amides is 1. The molecule has 0 bridgehead atoms. The number of amides is 3. The predicted molar refractivity (Wildman–Crippen MR) is 104 cm³/mol. The molecule has 1 heterocycles. The Morgan fingerprint density at radius 1 is 1.14 bits per heavy atom. The first kappa shape index (κ1) is 21.9. The van der Waals surface area contributed by atoms with Gasteiger partial charge in [0, 0.05) is 11.8 Å². The molecule has 1 aromatic carbocycles. The van der Waals surface area contributed by atoms with Gasteiger partial charge in [-0.15, -0.1) is 0 Å². The van der Waals surface area contributed by atoms with Crippen LogP contribution in [-0.2, 0) is 11.3 Å². The Morgan fingerprint density at radius 3 is 2.29 bits per heavy atom. The molecule has 2 atom stereocenters. The molecule has 7 nitrogen and oxygen atoms in total. The molecule has 28 heavy (non-hydrogen) atoms. The number of hydrogen-bond acceptors (Lipinski definition) is 4. The molecule has 3 amide bonds. The molecule has 10 heteroatoms. The number of nitrogens with two attached hydrogens (primary N) is 1. The van der Waals surface area contributed by atoms with Crippen molar-refractivity contribution in [2.75, 3.05) is 6.67 Å². The van der Waals surface area contributed by atoms with E-state index in [2.05, 4.69) is 15.6 Å². The van der Waals surface area contributed by atoms with Gasteiger partial charge >= 0.3 is 6.03 Å². The van der Waals surface area contributed by atoms with Crippen LogP contribution in [0.1, 0.15) is 17.4 Å². The first-order valence-corrected chi connectivity index (χ1v) is 9.10. The van der Waals surface area contributed by atoms with Gasteiger partial charge in [-0.3, -0.25) is 9.78 Å². The average molecular weight is 429 g/mol. The van der Waals surface area contributed by atoms with Gasteiger partial charge in [-0.25, -0.2) is 9.18 Å². The Morgan fingerprint density at radius 2 is 1.79 bits per heavy atom. The Bertz CT molecular complexity index is 803. The normalized spacial score (nSPS) is 13.0. The fourth-order valence-electron chi connectivity index (χ4n) is 2.43. The summed E-state index contributed by atoms with van der Waals surface area (Å²) in [6.07, 6.45) is 0.366. The van der Waals surface area contributed by atoms with Gasteiger partial charge in [0.25, 0.3) is 5.91 Å². The van der Waals surface area contributed by atoms with Crippen LogP contribution < -0.4 is 16.4 Å². The lowest BCUT2D eigenvalue weighted by molar-refractivity contribution is -0.121. The Kier molecular flexibility index (Phi) is 7.98. The minimum atomic E-state index is -1.35. The summed E-state index contributed by atoms with van der Waals surface area (Å²) in [4.78, 5) is 25.1. The zero-order valence-electron chi connectivity index (χ0n) is 14.6. The van der Waals surface area contributed by atoms with Crippen LogP contribution in [0.25, 0.3) is 11.1 Å². The van der Waals surface area contributed by atoms with Crippen molar-refractivity contribution < 1.29 is 19.1 Å². The number of urea groups is 1. The summed E-state index contributed by atoms with van der Waals surface area (Å²) in [5.41, 5.74) is 7.71. The van der Waals surface area contributed by atoms with Gasteiger partial charge in [0.2, 0.25) is 0 Å². The topological polar surface area (TPSA) is 117 Å². The summed E-state index contributed by atoms with van der Waals surface area (Å²) in [5, 5.41) is 15.0. The molecule has 150 valence electrons. The van der Waals surface area contributed by atoms with E-state index in [1.807, 2.05) is 6.07 Å². The Balaban J connectivity index is 2.07. The summed E-state index contributed by atoms with van der Waals surface area (Å²) in [6.45, 7) is -0.761. The highest BCUT2D eigenvalue weighted by atomic mass is 35.5. The van der Waals surface area contributed by atoms with Crippen LogP contribution in [0.3, 0.4) is 0 Å². The second-order valence-electron chi connectivity index (χ2n) is 5.89. The van der Waals surface area contributed by atoms with Gasteiger partial charge in [0.05, 0.1) is 18.3 Å².